The number of carbonyl (C=O) groups is 1. The van der Waals surface area contributed by atoms with Crippen LogP contribution in [0.15, 0.2) is 42.7 Å². The highest BCUT2D eigenvalue weighted by Crippen LogP contribution is 2.28. The molecule has 3 rings (SSSR count). The van der Waals surface area contributed by atoms with E-state index in [1.54, 1.807) is 24.4 Å². The molecule has 2 aromatic rings. The summed E-state index contributed by atoms with van der Waals surface area (Å²) in [6, 6.07) is 9.13. The number of hydrogen-bond acceptors (Lipinski definition) is 6. The van der Waals surface area contributed by atoms with E-state index in [4.69, 9.17) is 21.7 Å². The lowest BCUT2D eigenvalue weighted by Crippen LogP contribution is -2.51. The Hall–Kier alpha value is -2.71. The van der Waals surface area contributed by atoms with Gasteiger partial charge in [0, 0.05) is 30.6 Å². The molecule has 1 atom stereocenters. The highest BCUT2D eigenvalue weighted by Gasteiger charge is 2.25. The third-order valence-corrected chi connectivity index (χ3v) is 4.85. The molecule has 7 nitrogen and oxygen atoms in total. The van der Waals surface area contributed by atoms with Crippen LogP contribution in [0, 0.1) is 0 Å². The molecule has 8 heteroatoms. The van der Waals surface area contributed by atoms with Crippen LogP contribution in [-0.4, -0.2) is 41.8 Å². The van der Waals surface area contributed by atoms with Crippen molar-refractivity contribution in [3.63, 3.8) is 0 Å². The van der Waals surface area contributed by atoms with E-state index in [1.165, 1.54) is 14.2 Å². The van der Waals surface area contributed by atoms with Crippen LogP contribution < -0.4 is 20.2 Å². The zero-order valence-corrected chi connectivity index (χ0v) is 16.8. The van der Waals surface area contributed by atoms with Crippen LogP contribution in [0.5, 0.6) is 11.5 Å². The molecule has 2 heterocycles. The fourth-order valence-electron chi connectivity index (χ4n) is 3.26. The van der Waals surface area contributed by atoms with Crippen molar-refractivity contribution in [1.29, 1.82) is 0 Å². The molecule has 0 unspecified atom stereocenters. The predicted molar refractivity (Wildman–Crippen MR) is 110 cm³/mol. The average Bonchev–Trinajstić information content (AvgIpc) is 2.74. The van der Waals surface area contributed by atoms with E-state index in [-0.39, 0.29) is 17.1 Å². The number of ether oxygens (including phenoxy) is 2. The molecule has 0 bridgehead atoms. The smallest absolute Gasteiger partial charge is 0.257 e. The van der Waals surface area contributed by atoms with Crippen molar-refractivity contribution in [2.75, 3.05) is 20.8 Å². The second kappa shape index (κ2) is 9.48. The fourth-order valence-corrected chi connectivity index (χ4v) is 3.47. The van der Waals surface area contributed by atoms with Crippen LogP contribution in [0.25, 0.3) is 0 Å². The van der Waals surface area contributed by atoms with Gasteiger partial charge in [-0.2, -0.15) is 0 Å². The molecule has 0 aliphatic carbocycles. The van der Waals surface area contributed by atoms with Gasteiger partial charge in [0.2, 0.25) is 0 Å². The molecule has 1 aromatic carbocycles. The largest absolute Gasteiger partial charge is 0.497 e. The Labute approximate surface area is 170 Å². The molecule has 1 aliphatic rings. The zero-order chi connectivity index (χ0) is 19.9. The Bertz CT molecular complexity index is 809. The van der Waals surface area contributed by atoms with Crippen molar-refractivity contribution in [2.45, 2.75) is 25.3 Å². The topological polar surface area (TPSA) is 75.7 Å². The van der Waals surface area contributed by atoms with Gasteiger partial charge in [-0.15, -0.1) is 0 Å². The van der Waals surface area contributed by atoms with Gasteiger partial charge in [0.05, 0.1) is 20.3 Å². The highest BCUT2D eigenvalue weighted by atomic mass is 32.1. The first-order valence-electron chi connectivity index (χ1n) is 9.12. The summed E-state index contributed by atoms with van der Waals surface area (Å²) in [5.74, 6) is 0.747. The summed E-state index contributed by atoms with van der Waals surface area (Å²) in [6.45, 7) is 0.836. The van der Waals surface area contributed by atoms with Crippen molar-refractivity contribution in [3.8, 4) is 11.5 Å². The molecule has 0 spiro atoms. The fraction of sp³-hybridized carbons (Fsp3) is 0.350. The van der Waals surface area contributed by atoms with E-state index < -0.39 is 0 Å². The first-order chi connectivity index (χ1) is 13.6. The standard InChI is InChI=1S/C20H24N4O3S/c1-26-16-10-15(11-17(12-16)27-2)19(25)22-20(28)23-24-9-4-3-7-18(24)14-6-5-8-21-13-14/h5-6,8,10-13,18H,3-4,7,9H2,1-2H3,(H2,22,23,25,28)/t18-/m0/s1. The molecule has 0 saturated carbocycles. The second-order valence-electron chi connectivity index (χ2n) is 6.49. The number of hydrogen-bond donors (Lipinski definition) is 2. The lowest BCUT2D eigenvalue weighted by Gasteiger charge is -2.36. The first-order valence-corrected chi connectivity index (χ1v) is 9.53. The minimum Gasteiger partial charge on any atom is -0.497 e. The Balaban J connectivity index is 1.66. The number of aromatic nitrogens is 1. The van der Waals surface area contributed by atoms with E-state index >= 15 is 0 Å². The molecule has 1 fully saturated rings. The summed E-state index contributed by atoms with van der Waals surface area (Å²) in [7, 11) is 3.08. The van der Waals surface area contributed by atoms with Crippen LogP contribution in [0.3, 0.4) is 0 Å². The van der Waals surface area contributed by atoms with E-state index in [9.17, 15) is 4.79 Å². The molecule has 1 aliphatic heterocycles. The maximum absolute atomic E-state index is 12.6. The number of carbonyl (C=O) groups excluding carboxylic acids is 1. The first kappa shape index (κ1) is 20.0. The number of benzene rings is 1. The molecule has 28 heavy (non-hydrogen) atoms. The molecule has 148 valence electrons. The van der Waals surface area contributed by atoms with Gasteiger partial charge in [-0.1, -0.05) is 12.5 Å². The minimum absolute atomic E-state index is 0.161. The number of amides is 1. The number of rotatable bonds is 5. The van der Waals surface area contributed by atoms with E-state index in [2.05, 4.69) is 26.8 Å². The number of methoxy groups -OCH3 is 2. The van der Waals surface area contributed by atoms with Crippen LogP contribution in [-0.2, 0) is 0 Å². The van der Waals surface area contributed by atoms with Crippen molar-refractivity contribution in [2.24, 2.45) is 0 Å². The van der Waals surface area contributed by atoms with Gasteiger partial charge in [0.25, 0.3) is 5.91 Å². The SMILES string of the molecule is COc1cc(OC)cc(C(=O)NC(=S)NN2CCCC[C@H]2c2cccnc2)c1. The molecule has 1 saturated heterocycles. The molecule has 2 N–H and O–H groups in total. The molecular formula is C20H24N4O3S. The Morgan fingerprint density at radius 3 is 2.61 bits per heavy atom. The maximum atomic E-state index is 12.6. The number of nitrogens with one attached hydrogen (secondary N) is 2. The average molecular weight is 401 g/mol. The van der Waals surface area contributed by atoms with Gasteiger partial charge in [0.15, 0.2) is 5.11 Å². The van der Waals surface area contributed by atoms with Crippen LogP contribution in [0.2, 0.25) is 0 Å². The maximum Gasteiger partial charge on any atom is 0.257 e. The molecular weight excluding hydrogens is 376 g/mol. The summed E-state index contributed by atoms with van der Waals surface area (Å²) in [6.07, 6.45) is 6.84. The van der Waals surface area contributed by atoms with Crippen LogP contribution in [0.4, 0.5) is 0 Å². The zero-order valence-electron chi connectivity index (χ0n) is 16.0. The number of hydrazine groups is 1. The van der Waals surface area contributed by atoms with E-state index in [1.807, 2.05) is 12.3 Å². The van der Waals surface area contributed by atoms with Gasteiger partial charge in [-0.3, -0.25) is 20.5 Å². The lowest BCUT2D eigenvalue weighted by molar-refractivity contribution is 0.0957. The Morgan fingerprint density at radius 1 is 1.21 bits per heavy atom. The summed E-state index contributed by atoms with van der Waals surface area (Å²) in [5.41, 5.74) is 4.70. The van der Waals surface area contributed by atoms with E-state index in [0.717, 1.165) is 31.4 Å². The summed E-state index contributed by atoms with van der Waals surface area (Å²) in [5, 5.41) is 5.05. The van der Waals surface area contributed by atoms with Gasteiger partial charge in [-0.05, 0) is 48.8 Å². The Kier molecular flexibility index (Phi) is 6.78. The predicted octanol–water partition coefficient (Wildman–Crippen LogP) is 2.85. The van der Waals surface area contributed by atoms with Gasteiger partial charge in [-0.25, -0.2) is 5.01 Å². The third-order valence-electron chi connectivity index (χ3n) is 4.66. The van der Waals surface area contributed by atoms with E-state index in [0.29, 0.717) is 17.1 Å². The van der Waals surface area contributed by atoms with Crippen molar-refractivity contribution < 1.29 is 14.3 Å². The monoisotopic (exact) mass is 400 g/mol. The summed E-state index contributed by atoms with van der Waals surface area (Å²) >= 11 is 5.37. The summed E-state index contributed by atoms with van der Waals surface area (Å²) in [4.78, 5) is 16.8. The van der Waals surface area contributed by atoms with Crippen molar-refractivity contribution in [1.82, 2.24) is 20.7 Å². The van der Waals surface area contributed by atoms with Gasteiger partial charge in [0.1, 0.15) is 11.5 Å². The molecule has 1 amide bonds. The lowest BCUT2D eigenvalue weighted by atomic mass is 9.98. The number of pyridine rings is 1. The normalized spacial score (nSPS) is 16.9. The van der Waals surface area contributed by atoms with Crippen molar-refractivity contribution in [3.05, 3.63) is 53.9 Å². The molecule has 1 aromatic heterocycles. The number of piperidine rings is 1. The third kappa shape index (κ3) is 4.96. The number of thiocarbonyl (C=S) groups is 1. The van der Waals surface area contributed by atoms with Crippen molar-refractivity contribution >= 4 is 23.2 Å². The number of nitrogens with zero attached hydrogens (tertiary/aromatic N) is 2. The second-order valence-corrected chi connectivity index (χ2v) is 6.90. The Morgan fingerprint density at radius 2 is 1.96 bits per heavy atom. The van der Waals surface area contributed by atoms with Gasteiger partial charge >= 0.3 is 0 Å². The quantitative estimate of drug-likeness (QED) is 0.748. The van der Waals surface area contributed by atoms with Crippen LogP contribution >= 0.6 is 12.2 Å². The van der Waals surface area contributed by atoms with Crippen LogP contribution in [0.1, 0.15) is 41.2 Å². The minimum atomic E-state index is -0.329. The highest BCUT2D eigenvalue weighted by molar-refractivity contribution is 7.80. The van der Waals surface area contributed by atoms with Gasteiger partial charge < -0.3 is 9.47 Å². The summed E-state index contributed by atoms with van der Waals surface area (Å²) < 4.78 is 10.4. The molecule has 0 radical (unpaired) electrons.